The summed E-state index contributed by atoms with van der Waals surface area (Å²) >= 11 is 0. The van der Waals surface area contributed by atoms with E-state index in [0.29, 0.717) is 18.8 Å². The van der Waals surface area contributed by atoms with Gasteiger partial charge in [-0.1, -0.05) is 20.8 Å². The van der Waals surface area contributed by atoms with E-state index in [4.69, 9.17) is 5.73 Å². The molecule has 0 saturated heterocycles. The lowest BCUT2D eigenvalue weighted by molar-refractivity contribution is -0.146. The Hall–Kier alpha value is -1.79. The molecule has 1 saturated carbocycles. The van der Waals surface area contributed by atoms with Gasteiger partial charge >= 0.3 is 12.0 Å². The van der Waals surface area contributed by atoms with Crippen LogP contribution in [0.3, 0.4) is 0 Å². The molecule has 0 bridgehead atoms. The van der Waals surface area contributed by atoms with Gasteiger partial charge in [0.2, 0.25) is 5.91 Å². The van der Waals surface area contributed by atoms with Crippen molar-refractivity contribution in [2.45, 2.75) is 58.0 Å². The van der Waals surface area contributed by atoms with Crippen molar-refractivity contribution in [3.05, 3.63) is 0 Å². The molecule has 1 atom stereocenters. The molecule has 1 aliphatic carbocycles. The van der Waals surface area contributed by atoms with Crippen LogP contribution in [-0.4, -0.2) is 34.6 Å². The van der Waals surface area contributed by atoms with Crippen LogP contribution >= 0.6 is 0 Å². The van der Waals surface area contributed by atoms with Crippen LogP contribution in [0, 0.1) is 11.8 Å². The number of carbonyl (C=O) groups is 3. The quantitative estimate of drug-likeness (QED) is 0.600. The van der Waals surface area contributed by atoms with E-state index in [2.05, 4.69) is 17.6 Å². The van der Waals surface area contributed by atoms with E-state index in [0.717, 1.165) is 12.8 Å². The summed E-state index contributed by atoms with van der Waals surface area (Å²) in [6, 6.07) is -1.48. The van der Waals surface area contributed by atoms with Crippen LogP contribution in [0.4, 0.5) is 4.79 Å². The molecule has 0 radical (unpaired) electrons. The molecule has 1 rings (SSSR count). The lowest BCUT2D eigenvalue weighted by Crippen LogP contribution is -2.61. The molecule has 0 aromatic heterocycles. The fraction of sp³-hybridized carbons (Fsp3) is 0.786. The van der Waals surface area contributed by atoms with Crippen molar-refractivity contribution in [3.8, 4) is 0 Å². The van der Waals surface area contributed by atoms with Crippen molar-refractivity contribution in [3.63, 3.8) is 0 Å². The van der Waals surface area contributed by atoms with E-state index in [1.54, 1.807) is 13.8 Å². The highest BCUT2D eigenvalue weighted by Gasteiger charge is 2.43. The molecule has 1 unspecified atom stereocenters. The van der Waals surface area contributed by atoms with Crippen molar-refractivity contribution in [1.29, 1.82) is 0 Å². The average Bonchev–Trinajstić information content (AvgIpc) is 2.38. The van der Waals surface area contributed by atoms with E-state index in [9.17, 15) is 19.5 Å². The first-order valence-electron chi connectivity index (χ1n) is 7.29. The second-order valence-electron chi connectivity index (χ2n) is 6.29. The van der Waals surface area contributed by atoms with Gasteiger partial charge in [0.15, 0.2) is 0 Å². The molecule has 0 heterocycles. The van der Waals surface area contributed by atoms with Gasteiger partial charge in [0.1, 0.15) is 11.6 Å². The predicted molar refractivity (Wildman–Crippen MR) is 77.5 cm³/mol. The Morgan fingerprint density at radius 1 is 1.24 bits per heavy atom. The summed E-state index contributed by atoms with van der Waals surface area (Å²) < 4.78 is 0. The van der Waals surface area contributed by atoms with Gasteiger partial charge in [-0.15, -0.1) is 0 Å². The number of aliphatic carboxylic acids is 1. The SMILES string of the molecule is CC1CCC(NC(=O)NC(C(N)=O)C(C)C)(C(=O)O)CC1. The minimum atomic E-state index is -1.25. The van der Waals surface area contributed by atoms with Gasteiger partial charge in [-0.2, -0.15) is 0 Å². The van der Waals surface area contributed by atoms with E-state index >= 15 is 0 Å². The summed E-state index contributed by atoms with van der Waals surface area (Å²) in [5.74, 6) is -1.39. The van der Waals surface area contributed by atoms with Crippen LogP contribution in [-0.2, 0) is 9.59 Å². The van der Waals surface area contributed by atoms with Crippen molar-refractivity contribution in [2.24, 2.45) is 17.6 Å². The smallest absolute Gasteiger partial charge is 0.329 e. The first-order chi connectivity index (χ1) is 9.68. The average molecular weight is 299 g/mol. The normalized spacial score (nSPS) is 27.0. The van der Waals surface area contributed by atoms with E-state index in [1.807, 2.05) is 0 Å². The standard InChI is InChI=1S/C14H25N3O4/c1-8(2)10(11(15)18)16-13(21)17-14(12(19)20)6-4-9(3)5-7-14/h8-10H,4-7H2,1-3H3,(H2,15,18)(H,19,20)(H2,16,17,21). The van der Waals surface area contributed by atoms with Crippen LogP contribution in [0.5, 0.6) is 0 Å². The fourth-order valence-electron chi connectivity index (χ4n) is 2.61. The molecule has 0 spiro atoms. The number of hydrogen-bond acceptors (Lipinski definition) is 3. The zero-order chi connectivity index (χ0) is 16.2. The zero-order valence-electron chi connectivity index (χ0n) is 12.8. The molecule has 0 aromatic carbocycles. The number of carboxylic acids is 1. The molecular formula is C14H25N3O4. The molecule has 120 valence electrons. The third-order valence-electron chi connectivity index (χ3n) is 4.15. The lowest BCUT2D eigenvalue weighted by Gasteiger charge is -2.36. The number of amides is 3. The molecule has 7 nitrogen and oxygen atoms in total. The summed E-state index contributed by atoms with van der Waals surface area (Å²) in [5.41, 5.74) is 3.98. The topological polar surface area (TPSA) is 122 Å². The Balaban J connectivity index is 2.74. The molecule has 0 aliphatic heterocycles. The Bertz CT molecular complexity index is 414. The number of carboxylic acid groups (broad SMARTS) is 1. The third kappa shape index (κ3) is 4.34. The number of carbonyl (C=O) groups excluding carboxylic acids is 2. The van der Waals surface area contributed by atoms with Crippen molar-refractivity contribution < 1.29 is 19.5 Å². The Kier molecular flexibility index (Phi) is 5.57. The van der Waals surface area contributed by atoms with Crippen LogP contribution < -0.4 is 16.4 Å². The molecule has 3 amide bonds. The Morgan fingerprint density at radius 2 is 1.76 bits per heavy atom. The minimum Gasteiger partial charge on any atom is -0.480 e. The van der Waals surface area contributed by atoms with Crippen LogP contribution in [0.1, 0.15) is 46.5 Å². The maximum Gasteiger partial charge on any atom is 0.329 e. The largest absolute Gasteiger partial charge is 0.480 e. The van der Waals surface area contributed by atoms with Crippen molar-refractivity contribution in [2.75, 3.05) is 0 Å². The molecule has 21 heavy (non-hydrogen) atoms. The number of hydrogen-bond donors (Lipinski definition) is 4. The minimum absolute atomic E-state index is 0.166. The molecule has 0 aromatic rings. The highest BCUT2D eigenvalue weighted by atomic mass is 16.4. The van der Waals surface area contributed by atoms with Gasteiger partial charge < -0.3 is 21.5 Å². The maximum absolute atomic E-state index is 12.0. The van der Waals surface area contributed by atoms with Crippen LogP contribution in [0.2, 0.25) is 0 Å². The number of nitrogens with two attached hydrogens (primary N) is 1. The van der Waals surface area contributed by atoms with Gasteiger partial charge in [0.25, 0.3) is 0 Å². The first kappa shape index (κ1) is 17.3. The van der Waals surface area contributed by atoms with Crippen molar-refractivity contribution >= 4 is 17.9 Å². The van der Waals surface area contributed by atoms with Gasteiger partial charge in [-0.25, -0.2) is 9.59 Å². The number of primary amides is 1. The van der Waals surface area contributed by atoms with Crippen LogP contribution in [0.15, 0.2) is 0 Å². The predicted octanol–water partition coefficient (Wildman–Crippen LogP) is 0.829. The monoisotopic (exact) mass is 299 g/mol. The molecule has 1 fully saturated rings. The Morgan fingerprint density at radius 3 is 2.14 bits per heavy atom. The molecule has 7 heteroatoms. The highest BCUT2D eigenvalue weighted by molar-refractivity contribution is 5.89. The summed E-state index contributed by atoms with van der Waals surface area (Å²) in [6.07, 6.45) is 2.27. The lowest BCUT2D eigenvalue weighted by atomic mass is 9.77. The number of nitrogens with one attached hydrogen (secondary N) is 2. The number of urea groups is 1. The summed E-state index contributed by atoms with van der Waals surface area (Å²) in [7, 11) is 0. The fourth-order valence-corrected chi connectivity index (χ4v) is 2.61. The van der Waals surface area contributed by atoms with E-state index in [-0.39, 0.29) is 5.92 Å². The third-order valence-corrected chi connectivity index (χ3v) is 4.15. The second kappa shape index (κ2) is 6.78. The van der Waals surface area contributed by atoms with Gasteiger partial charge in [-0.05, 0) is 37.5 Å². The van der Waals surface area contributed by atoms with Crippen LogP contribution in [0.25, 0.3) is 0 Å². The summed E-state index contributed by atoms with van der Waals surface area (Å²) in [5, 5.41) is 14.4. The highest BCUT2D eigenvalue weighted by Crippen LogP contribution is 2.32. The molecule has 5 N–H and O–H groups in total. The van der Waals surface area contributed by atoms with E-state index < -0.39 is 29.5 Å². The first-order valence-corrected chi connectivity index (χ1v) is 7.29. The van der Waals surface area contributed by atoms with Gasteiger partial charge in [0, 0.05) is 0 Å². The molecule has 1 aliphatic rings. The summed E-state index contributed by atoms with van der Waals surface area (Å²) in [4.78, 5) is 34.9. The summed E-state index contributed by atoms with van der Waals surface area (Å²) in [6.45, 7) is 5.57. The van der Waals surface area contributed by atoms with Crippen molar-refractivity contribution in [1.82, 2.24) is 10.6 Å². The van der Waals surface area contributed by atoms with Gasteiger partial charge in [0.05, 0.1) is 0 Å². The van der Waals surface area contributed by atoms with Gasteiger partial charge in [-0.3, -0.25) is 4.79 Å². The Labute approximate surface area is 124 Å². The number of rotatable bonds is 5. The molecular weight excluding hydrogens is 274 g/mol. The zero-order valence-corrected chi connectivity index (χ0v) is 12.8. The van der Waals surface area contributed by atoms with E-state index in [1.165, 1.54) is 0 Å². The second-order valence-corrected chi connectivity index (χ2v) is 6.29. The maximum atomic E-state index is 12.0.